The molecule has 4 N–H and O–H groups in total. The highest BCUT2D eigenvalue weighted by atomic mass is 16.5. The first-order valence-electron chi connectivity index (χ1n) is 11.1. The molecule has 172 valence electrons. The molecule has 7 heteroatoms. The fraction of sp³-hybridized carbons (Fsp3) is 0.346. The second kappa shape index (κ2) is 11.7. The number of hydrogen-bond acceptors (Lipinski definition) is 4. The molecule has 7 nitrogen and oxygen atoms in total. The van der Waals surface area contributed by atoms with Crippen molar-refractivity contribution in [3.05, 3.63) is 71.3 Å². The number of esters is 1. The van der Waals surface area contributed by atoms with E-state index >= 15 is 0 Å². The van der Waals surface area contributed by atoms with E-state index in [4.69, 9.17) is 15.9 Å². The average molecular weight is 447 g/mol. The van der Waals surface area contributed by atoms with Crippen LogP contribution >= 0.6 is 0 Å². The monoisotopic (exact) mass is 446 g/mol. The Labute approximate surface area is 194 Å². The van der Waals surface area contributed by atoms with Crippen molar-refractivity contribution in [3.8, 4) is 11.8 Å². The van der Waals surface area contributed by atoms with Crippen molar-refractivity contribution in [1.29, 1.82) is 5.41 Å². The normalized spacial score (nSPS) is 16.2. The second-order valence-electron chi connectivity index (χ2n) is 8.20. The molecule has 33 heavy (non-hydrogen) atoms. The molecule has 1 aliphatic heterocycles. The third-order valence-electron chi connectivity index (χ3n) is 5.67. The zero-order valence-electron chi connectivity index (χ0n) is 18.8. The SMILES string of the molecule is COC(=O)[C@H](Cc1ccc(C#Cc2ccccc2)cc1)NC(=O)CC1CCCN(C(=N)N)C1. The molecule has 1 fully saturated rings. The molecule has 1 unspecified atom stereocenters. The number of likely N-dealkylation sites (tertiary alicyclic amines) is 1. The van der Waals surface area contributed by atoms with E-state index in [0.717, 1.165) is 36.1 Å². The number of benzene rings is 2. The molecule has 0 saturated carbocycles. The van der Waals surface area contributed by atoms with Gasteiger partial charge in [0.05, 0.1) is 7.11 Å². The predicted molar refractivity (Wildman–Crippen MR) is 127 cm³/mol. The largest absolute Gasteiger partial charge is 0.467 e. The van der Waals surface area contributed by atoms with Gasteiger partial charge in [0.25, 0.3) is 0 Å². The molecule has 3 rings (SSSR count). The van der Waals surface area contributed by atoms with E-state index < -0.39 is 12.0 Å². The van der Waals surface area contributed by atoms with Crippen LogP contribution in [0.15, 0.2) is 54.6 Å². The Kier molecular flexibility index (Phi) is 8.48. The number of methoxy groups -OCH3 is 1. The number of ether oxygens (including phenoxy) is 1. The minimum absolute atomic E-state index is 0.0319. The molecule has 0 spiro atoms. The lowest BCUT2D eigenvalue weighted by Gasteiger charge is -2.32. The first-order valence-corrected chi connectivity index (χ1v) is 11.1. The third-order valence-corrected chi connectivity index (χ3v) is 5.67. The van der Waals surface area contributed by atoms with Crippen molar-refractivity contribution in [2.24, 2.45) is 11.7 Å². The second-order valence-corrected chi connectivity index (χ2v) is 8.20. The molecular formula is C26H30N4O3. The van der Waals surface area contributed by atoms with Crippen LogP contribution in [0.3, 0.4) is 0 Å². The summed E-state index contributed by atoms with van der Waals surface area (Å²) in [5.74, 6) is 5.69. The summed E-state index contributed by atoms with van der Waals surface area (Å²) < 4.78 is 4.91. The van der Waals surface area contributed by atoms with Crippen LogP contribution in [0.25, 0.3) is 0 Å². The molecular weight excluding hydrogens is 416 g/mol. The van der Waals surface area contributed by atoms with Gasteiger partial charge in [-0.05, 0) is 48.6 Å². The number of carbonyl (C=O) groups is 2. The number of guanidine groups is 1. The Morgan fingerprint density at radius 2 is 1.82 bits per heavy atom. The van der Waals surface area contributed by atoms with Crippen LogP contribution in [0.5, 0.6) is 0 Å². The van der Waals surface area contributed by atoms with Gasteiger partial charge in [0.2, 0.25) is 5.91 Å². The molecule has 2 atom stereocenters. The molecule has 1 heterocycles. The molecule has 0 aromatic heterocycles. The molecule has 1 aliphatic rings. The maximum absolute atomic E-state index is 12.6. The Hall–Kier alpha value is -3.79. The van der Waals surface area contributed by atoms with E-state index in [1.807, 2.05) is 54.6 Å². The van der Waals surface area contributed by atoms with Gasteiger partial charge in [-0.15, -0.1) is 0 Å². The van der Waals surface area contributed by atoms with Crippen LogP contribution in [-0.2, 0) is 20.7 Å². The molecule has 0 aliphatic carbocycles. The van der Waals surface area contributed by atoms with Crippen LogP contribution < -0.4 is 11.1 Å². The first-order chi connectivity index (χ1) is 15.9. The number of nitrogens with zero attached hydrogens (tertiary/aromatic N) is 1. The number of hydrogen-bond donors (Lipinski definition) is 3. The summed E-state index contributed by atoms with van der Waals surface area (Å²) in [5.41, 5.74) is 8.30. The van der Waals surface area contributed by atoms with Crippen LogP contribution in [0.4, 0.5) is 0 Å². The van der Waals surface area contributed by atoms with Crippen LogP contribution in [0, 0.1) is 23.2 Å². The van der Waals surface area contributed by atoms with Gasteiger partial charge in [-0.3, -0.25) is 10.2 Å². The van der Waals surface area contributed by atoms with Crippen molar-refractivity contribution in [1.82, 2.24) is 10.2 Å². The van der Waals surface area contributed by atoms with Gasteiger partial charge in [-0.1, -0.05) is 42.2 Å². The van der Waals surface area contributed by atoms with Crippen molar-refractivity contribution in [3.63, 3.8) is 0 Å². The van der Waals surface area contributed by atoms with E-state index in [1.165, 1.54) is 7.11 Å². The number of amides is 1. The van der Waals surface area contributed by atoms with Crippen LogP contribution in [-0.4, -0.2) is 49.0 Å². The summed E-state index contributed by atoms with van der Waals surface area (Å²) >= 11 is 0. The van der Waals surface area contributed by atoms with Crippen molar-refractivity contribution in [2.75, 3.05) is 20.2 Å². The topological polar surface area (TPSA) is 109 Å². The summed E-state index contributed by atoms with van der Waals surface area (Å²) in [5, 5.41) is 10.4. The Bertz CT molecular complexity index is 1020. The Morgan fingerprint density at radius 3 is 2.45 bits per heavy atom. The van der Waals surface area contributed by atoms with E-state index in [0.29, 0.717) is 13.0 Å². The van der Waals surface area contributed by atoms with Gasteiger partial charge in [0.1, 0.15) is 6.04 Å². The zero-order chi connectivity index (χ0) is 23.6. The van der Waals surface area contributed by atoms with Gasteiger partial charge in [0.15, 0.2) is 5.96 Å². The highest BCUT2D eigenvalue weighted by Crippen LogP contribution is 2.19. The van der Waals surface area contributed by atoms with E-state index in [1.54, 1.807) is 4.90 Å². The molecule has 1 amide bonds. The first kappa shape index (κ1) is 23.9. The smallest absolute Gasteiger partial charge is 0.328 e. The summed E-state index contributed by atoms with van der Waals surface area (Å²) in [7, 11) is 1.32. The summed E-state index contributed by atoms with van der Waals surface area (Å²) in [6.45, 7) is 1.32. The quantitative estimate of drug-likeness (QED) is 0.273. The Morgan fingerprint density at radius 1 is 1.15 bits per heavy atom. The summed E-state index contributed by atoms with van der Waals surface area (Å²) in [6, 6.07) is 16.6. The maximum Gasteiger partial charge on any atom is 0.328 e. The van der Waals surface area contributed by atoms with Gasteiger partial charge in [-0.25, -0.2) is 4.79 Å². The Balaban J connectivity index is 1.59. The summed E-state index contributed by atoms with van der Waals surface area (Å²) in [4.78, 5) is 26.7. The van der Waals surface area contributed by atoms with Crippen LogP contribution in [0.2, 0.25) is 0 Å². The minimum atomic E-state index is -0.767. The molecule has 1 saturated heterocycles. The molecule has 2 aromatic rings. The fourth-order valence-corrected chi connectivity index (χ4v) is 3.93. The van der Waals surface area contributed by atoms with Crippen LogP contribution in [0.1, 0.15) is 36.0 Å². The molecule has 0 radical (unpaired) electrons. The van der Waals surface area contributed by atoms with Gasteiger partial charge in [-0.2, -0.15) is 0 Å². The highest BCUT2D eigenvalue weighted by molar-refractivity contribution is 5.85. The number of nitrogens with two attached hydrogens (primary N) is 1. The number of rotatable bonds is 6. The third kappa shape index (κ3) is 7.39. The van der Waals surface area contributed by atoms with Gasteiger partial charge in [0, 0.05) is 37.1 Å². The lowest BCUT2D eigenvalue weighted by Crippen LogP contribution is -2.46. The average Bonchev–Trinajstić information content (AvgIpc) is 2.83. The van der Waals surface area contributed by atoms with E-state index in [9.17, 15) is 9.59 Å². The van der Waals surface area contributed by atoms with E-state index in [-0.39, 0.29) is 24.2 Å². The minimum Gasteiger partial charge on any atom is -0.467 e. The van der Waals surface area contributed by atoms with Crippen molar-refractivity contribution in [2.45, 2.75) is 31.7 Å². The lowest BCUT2D eigenvalue weighted by molar-refractivity contribution is -0.145. The summed E-state index contributed by atoms with van der Waals surface area (Å²) in [6.07, 6.45) is 2.39. The lowest BCUT2D eigenvalue weighted by atomic mass is 9.94. The van der Waals surface area contributed by atoms with Crippen molar-refractivity contribution >= 4 is 17.8 Å². The zero-order valence-corrected chi connectivity index (χ0v) is 18.8. The molecule has 0 bridgehead atoms. The predicted octanol–water partition coefficient (Wildman–Crippen LogP) is 2.28. The fourth-order valence-electron chi connectivity index (χ4n) is 3.93. The van der Waals surface area contributed by atoms with Gasteiger partial charge >= 0.3 is 5.97 Å². The number of nitrogens with one attached hydrogen (secondary N) is 2. The highest BCUT2D eigenvalue weighted by Gasteiger charge is 2.26. The number of piperidine rings is 1. The standard InChI is InChI=1S/C26H30N4O3/c1-33-25(32)23(29-24(31)17-22-8-5-15-30(18-22)26(27)28)16-21-13-11-20(12-14-21)10-9-19-6-3-2-4-7-19/h2-4,6-7,11-14,22-23H,5,8,15-18H2,1H3,(H3,27,28)(H,29,31)/t22?,23-/m0/s1. The van der Waals surface area contributed by atoms with Gasteiger partial charge < -0.3 is 20.7 Å². The van der Waals surface area contributed by atoms with Crippen molar-refractivity contribution < 1.29 is 14.3 Å². The van der Waals surface area contributed by atoms with E-state index in [2.05, 4.69) is 17.2 Å². The molecule has 2 aromatic carbocycles. The maximum atomic E-state index is 12.6. The number of carbonyl (C=O) groups excluding carboxylic acids is 2.